The fraction of sp³-hybridized carbons (Fsp3) is 0.621. The molecule has 1 aromatic carbocycles. The van der Waals surface area contributed by atoms with Gasteiger partial charge in [0.25, 0.3) is 0 Å². The molecule has 10 atom stereocenters. The van der Waals surface area contributed by atoms with E-state index >= 15 is 0 Å². The summed E-state index contributed by atoms with van der Waals surface area (Å²) in [6.45, 7) is 4.92. The van der Waals surface area contributed by atoms with Crippen LogP contribution in [0.2, 0.25) is 0 Å². The molecule has 250 valence electrons. The summed E-state index contributed by atoms with van der Waals surface area (Å²) >= 11 is 0. The lowest BCUT2D eigenvalue weighted by Gasteiger charge is -2.48. The molecular formula is C29H39NO15. The number of benzene rings is 1. The van der Waals surface area contributed by atoms with Gasteiger partial charge in [0, 0.05) is 34.6 Å². The third-order valence-electron chi connectivity index (χ3n) is 6.70. The molecule has 3 N–H and O–H groups in total. The van der Waals surface area contributed by atoms with Gasteiger partial charge < -0.3 is 53.4 Å². The first-order chi connectivity index (χ1) is 21.3. The van der Waals surface area contributed by atoms with Crippen LogP contribution in [0.15, 0.2) is 30.3 Å². The number of hydrogen-bond acceptors (Lipinski definition) is 15. The summed E-state index contributed by atoms with van der Waals surface area (Å²) < 4.78 is 44.9. The van der Waals surface area contributed by atoms with Gasteiger partial charge in [0.15, 0.2) is 30.9 Å². The first-order valence-corrected chi connectivity index (χ1v) is 14.1. The van der Waals surface area contributed by atoms with Crippen LogP contribution in [0.4, 0.5) is 0 Å². The smallest absolute Gasteiger partial charge is 0.303 e. The van der Waals surface area contributed by atoms with E-state index in [4.69, 9.17) is 37.9 Å². The van der Waals surface area contributed by atoms with E-state index < -0.39 is 97.7 Å². The van der Waals surface area contributed by atoms with Gasteiger partial charge in [0.2, 0.25) is 5.91 Å². The third kappa shape index (κ3) is 10.4. The highest BCUT2D eigenvalue weighted by Crippen LogP contribution is 2.33. The Morgan fingerprint density at radius 3 is 1.89 bits per heavy atom. The molecule has 0 saturated carbocycles. The number of aliphatic hydroxyl groups excluding tert-OH is 2. The SMILES string of the molecule is CC(=O)N[C@@H]1[C@@H](O)[C@H](O[C@@H]2O[C@H](COC(C)=O)[C@H](OC(C)=O)[C@H](OC(C)=O)[C@H]2OC(C)=O)[C@@H](COCc2ccccc2)O[C@@H]1O. The minimum absolute atomic E-state index is 0.133. The highest BCUT2D eigenvalue weighted by molar-refractivity contribution is 5.73. The lowest BCUT2D eigenvalue weighted by molar-refractivity contribution is -0.347. The van der Waals surface area contributed by atoms with Crippen LogP contribution in [0.25, 0.3) is 0 Å². The van der Waals surface area contributed by atoms with E-state index in [0.717, 1.165) is 33.3 Å². The van der Waals surface area contributed by atoms with Crippen molar-refractivity contribution < 1.29 is 72.1 Å². The maximum absolute atomic E-state index is 12.2. The van der Waals surface area contributed by atoms with Crippen molar-refractivity contribution >= 4 is 29.8 Å². The number of carbonyl (C=O) groups is 5. The summed E-state index contributed by atoms with van der Waals surface area (Å²) in [7, 11) is 0. The third-order valence-corrected chi connectivity index (χ3v) is 6.70. The van der Waals surface area contributed by atoms with Gasteiger partial charge in [-0.2, -0.15) is 0 Å². The lowest BCUT2D eigenvalue weighted by atomic mass is 9.95. The Hall–Kier alpha value is -3.67. The zero-order valence-corrected chi connectivity index (χ0v) is 25.5. The van der Waals surface area contributed by atoms with Gasteiger partial charge in [-0.25, -0.2) is 0 Å². The predicted octanol–water partition coefficient (Wildman–Crippen LogP) is -0.746. The van der Waals surface area contributed by atoms with E-state index in [1.165, 1.54) is 6.92 Å². The highest BCUT2D eigenvalue weighted by Gasteiger charge is 2.55. The van der Waals surface area contributed by atoms with Crippen LogP contribution in [-0.2, 0) is 68.5 Å². The number of amides is 1. The fourth-order valence-electron chi connectivity index (χ4n) is 4.95. The normalized spacial score (nSPS) is 31.3. The van der Waals surface area contributed by atoms with Crippen molar-refractivity contribution in [2.24, 2.45) is 0 Å². The second-order valence-corrected chi connectivity index (χ2v) is 10.5. The van der Waals surface area contributed by atoms with E-state index in [0.29, 0.717) is 0 Å². The Balaban J connectivity index is 1.98. The van der Waals surface area contributed by atoms with Crippen molar-refractivity contribution in [3.8, 4) is 0 Å². The van der Waals surface area contributed by atoms with Crippen LogP contribution in [0.3, 0.4) is 0 Å². The molecular weight excluding hydrogens is 602 g/mol. The van der Waals surface area contributed by atoms with Gasteiger partial charge in [0.05, 0.1) is 13.2 Å². The summed E-state index contributed by atoms with van der Waals surface area (Å²) in [5.41, 5.74) is 0.822. The molecule has 16 nitrogen and oxygen atoms in total. The number of rotatable bonds is 12. The molecule has 2 aliphatic heterocycles. The van der Waals surface area contributed by atoms with Crippen molar-refractivity contribution in [1.82, 2.24) is 5.32 Å². The number of ether oxygens (including phenoxy) is 8. The Labute approximate surface area is 259 Å². The van der Waals surface area contributed by atoms with Crippen molar-refractivity contribution in [1.29, 1.82) is 0 Å². The van der Waals surface area contributed by atoms with Crippen LogP contribution in [0.5, 0.6) is 0 Å². The number of nitrogens with one attached hydrogen (secondary N) is 1. The van der Waals surface area contributed by atoms with E-state index in [2.05, 4.69) is 5.32 Å². The van der Waals surface area contributed by atoms with E-state index in [-0.39, 0.29) is 13.2 Å². The average molecular weight is 642 g/mol. The summed E-state index contributed by atoms with van der Waals surface area (Å²) in [5.74, 6) is -3.81. The Kier molecular flexibility index (Phi) is 13.2. The minimum atomic E-state index is -1.68. The zero-order valence-electron chi connectivity index (χ0n) is 25.5. The van der Waals surface area contributed by atoms with Crippen LogP contribution < -0.4 is 5.32 Å². The van der Waals surface area contributed by atoms with Gasteiger partial charge in [-0.1, -0.05) is 30.3 Å². The van der Waals surface area contributed by atoms with Crippen LogP contribution in [0, 0.1) is 0 Å². The largest absolute Gasteiger partial charge is 0.463 e. The quantitative estimate of drug-likeness (QED) is 0.189. The highest BCUT2D eigenvalue weighted by atomic mass is 16.7. The van der Waals surface area contributed by atoms with E-state index in [1.807, 2.05) is 30.3 Å². The van der Waals surface area contributed by atoms with Crippen molar-refractivity contribution in [2.75, 3.05) is 13.2 Å². The van der Waals surface area contributed by atoms with Crippen LogP contribution in [0.1, 0.15) is 40.2 Å². The molecule has 45 heavy (non-hydrogen) atoms. The fourth-order valence-corrected chi connectivity index (χ4v) is 4.95. The topological polar surface area (TPSA) is 212 Å². The van der Waals surface area contributed by atoms with Crippen molar-refractivity contribution in [3.63, 3.8) is 0 Å². The molecule has 3 rings (SSSR count). The average Bonchev–Trinajstić information content (AvgIpc) is 2.94. The Bertz CT molecular complexity index is 1180. The van der Waals surface area contributed by atoms with E-state index in [1.54, 1.807) is 0 Å². The summed E-state index contributed by atoms with van der Waals surface area (Å²) in [5, 5.41) is 24.4. The predicted molar refractivity (Wildman–Crippen MR) is 147 cm³/mol. The molecule has 0 aromatic heterocycles. The number of esters is 4. The standard InChI is InChI=1S/C29H39NO15/c1-14(31)30-22-23(36)24(20(43-28(22)37)12-38-11-19-9-7-6-8-10-19)45-29-27(42-18(5)35)26(41-17(4)34)25(40-16(3)33)21(44-29)13-39-15(2)32/h6-10,20-29,36-37H,11-13H2,1-5H3,(H,30,31)/t20-,21-,22-,23-,24-,25+,26+,27-,28+,29+/m1/s1. The molecule has 0 spiro atoms. The van der Waals surface area contributed by atoms with E-state index in [9.17, 15) is 34.2 Å². The molecule has 0 unspecified atom stereocenters. The Morgan fingerprint density at radius 1 is 0.733 bits per heavy atom. The van der Waals surface area contributed by atoms with Gasteiger partial charge in [0.1, 0.15) is 37.1 Å². The molecule has 0 bridgehead atoms. The maximum Gasteiger partial charge on any atom is 0.303 e. The first kappa shape index (κ1) is 35.8. The van der Waals surface area contributed by atoms with Crippen molar-refractivity contribution in [2.45, 2.75) is 103 Å². The van der Waals surface area contributed by atoms with Crippen LogP contribution in [-0.4, -0.2) is 115 Å². The molecule has 16 heteroatoms. The van der Waals surface area contributed by atoms with Gasteiger partial charge in [-0.15, -0.1) is 0 Å². The molecule has 2 saturated heterocycles. The Morgan fingerprint density at radius 2 is 1.31 bits per heavy atom. The summed E-state index contributed by atoms with van der Waals surface area (Å²) in [6.07, 6.45) is -13.5. The maximum atomic E-state index is 12.2. The number of carbonyl (C=O) groups excluding carboxylic acids is 5. The second kappa shape index (κ2) is 16.6. The molecule has 1 aromatic rings. The zero-order chi connectivity index (χ0) is 33.3. The summed E-state index contributed by atoms with van der Waals surface area (Å²) in [4.78, 5) is 59.9. The summed E-state index contributed by atoms with van der Waals surface area (Å²) in [6, 6.07) is 7.74. The molecule has 2 heterocycles. The molecule has 0 radical (unpaired) electrons. The second-order valence-electron chi connectivity index (χ2n) is 10.5. The first-order valence-electron chi connectivity index (χ1n) is 14.1. The van der Waals surface area contributed by atoms with Crippen LogP contribution >= 0.6 is 0 Å². The monoisotopic (exact) mass is 641 g/mol. The van der Waals surface area contributed by atoms with Gasteiger partial charge in [-0.3, -0.25) is 24.0 Å². The van der Waals surface area contributed by atoms with Gasteiger partial charge in [-0.05, 0) is 5.56 Å². The molecule has 1 amide bonds. The molecule has 0 aliphatic carbocycles. The lowest BCUT2D eigenvalue weighted by Crippen LogP contribution is -2.68. The van der Waals surface area contributed by atoms with Gasteiger partial charge >= 0.3 is 23.9 Å². The molecule has 2 aliphatic rings. The number of hydrogen-bond donors (Lipinski definition) is 3. The number of aliphatic hydroxyl groups is 2. The molecule has 2 fully saturated rings. The minimum Gasteiger partial charge on any atom is -0.463 e. The van der Waals surface area contributed by atoms with Crippen molar-refractivity contribution in [3.05, 3.63) is 35.9 Å².